The SMILES string of the molecule is CCCCCCCCCCCCCCC(=O)OC[C@H](COP(=O)(O)OC[C@@H](O)COP(=O)(O)OC[C@@H](COC(=O)CCCCCCCCC)OC(=O)CCCCCCCCCCC)OC(=O)CCCCCCCCCCCC(C)C. The smallest absolute Gasteiger partial charge is 0.462 e. The molecule has 0 aliphatic carbocycles. The Hall–Kier alpha value is -1.94. The Morgan fingerprint density at radius 3 is 0.850 bits per heavy atom. The van der Waals surface area contributed by atoms with Gasteiger partial charge in [0.05, 0.1) is 26.4 Å². The van der Waals surface area contributed by atoms with E-state index in [2.05, 4.69) is 34.6 Å². The predicted octanol–water partition coefficient (Wildman–Crippen LogP) is 16.6. The van der Waals surface area contributed by atoms with Crippen molar-refractivity contribution >= 4 is 39.5 Å². The maximum absolute atomic E-state index is 12.9. The van der Waals surface area contributed by atoms with Gasteiger partial charge < -0.3 is 33.8 Å². The summed E-state index contributed by atoms with van der Waals surface area (Å²) in [4.78, 5) is 71.9. The Morgan fingerprint density at radius 1 is 0.338 bits per heavy atom. The van der Waals surface area contributed by atoms with E-state index >= 15 is 0 Å². The zero-order chi connectivity index (χ0) is 59.2. The number of aliphatic hydroxyl groups is 1. The molecular formula is C61H118O17P2. The molecule has 0 heterocycles. The molecular weight excluding hydrogens is 1070 g/mol. The molecule has 0 spiro atoms. The molecule has 0 saturated heterocycles. The minimum atomic E-state index is -4.94. The summed E-state index contributed by atoms with van der Waals surface area (Å²) in [6.07, 6.45) is 37.6. The average molecular weight is 1190 g/mol. The highest BCUT2D eigenvalue weighted by Crippen LogP contribution is 2.45. The van der Waals surface area contributed by atoms with Crippen molar-refractivity contribution in [1.82, 2.24) is 0 Å². The van der Waals surface area contributed by atoms with E-state index in [9.17, 15) is 43.2 Å². The van der Waals surface area contributed by atoms with Crippen molar-refractivity contribution in [3.8, 4) is 0 Å². The monoisotopic (exact) mass is 1180 g/mol. The van der Waals surface area contributed by atoms with Crippen LogP contribution in [0.3, 0.4) is 0 Å². The fourth-order valence-corrected chi connectivity index (χ4v) is 10.6. The molecule has 0 amide bonds. The van der Waals surface area contributed by atoms with Crippen LogP contribution in [0.15, 0.2) is 0 Å². The third-order valence-electron chi connectivity index (χ3n) is 14.0. The van der Waals surface area contributed by atoms with E-state index in [0.29, 0.717) is 25.7 Å². The number of aliphatic hydroxyl groups excluding tert-OH is 1. The highest BCUT2D eigenvalue weighted by Gasteiger charge is 2.30. The number of phosphoric acid groups is 2. The van der Waals surface area contributed by atoms with E-state index < -0.39 is 97.5 Å². The Kier molecular flexibility index (Phi) is 53.6. The van der Waals surface area contributed by atoms with Crippen molar-refractivity contribution in [2.45, 2.75) is 323 Å². The minimum absolute atomic E-state index is 0.105. The van der Waals surface area contributed by atoms with Crippen molar-refractivity contribution in [3.05, 3.63) is 0 Å². The number of hydrogen-bond acceptors (Lipinski definition) is 15. The second-order valence-electron chi connectivity index (χ2n) is 22.6. The molecule has 0 aliphatic rings. The number of rotatable bonds is 61. The third-order valence-corrected chi connectivity index (χ3v) is 15.9. The quantitative estimate of drug-likeness (QED) is 0.0222. The van der Waals surface area contributed by atoms with E-state index in [1.165, 1.54) is 116 Å². The lowest BCUT2D eigenvalue weighted by Gasteiger charge is -2.21. The van der Waals surface area contributed by atoms with E-state index in [1.807, 2.05) is 0 Å². The average Bonchev–Trinajstić information content (AvgIpc) is 3.42. The summed E-state index contributed by atoms with van der Waals surface area (Å²) in [5.41, 5.74) is 0. The Balaban J connectivity index is 5.21. The molecule has 0 bridgehead atoms. The summed E-state index contributed by atoms with van der Waals surface area (Å²) < 4.78 is 67.7. The van der Waals surface area contributed by atoms with Crippen molar-refractivity contribution in [2.75, 3.05) is 39.6 Å². The van der Waals surface area contributed by atoms with Crippen molar-refractivity contribution in [1.29, 1.82) is 0 Å². The molecule has 17 nitrogen and oxygen atoms in total. The van der Waals surface area contributed by atoms with Crippen LogP contribution in [0.2, 0.25) is 0 Å². The van der Waals surface area contributed by atoms with E-state index in [0.717, 1.165) is 109 Å². The van der Waals surface area contributed by atoms with Gasteiger partial charge in [-0.1, -0.05) is 253 Å². The van der Waals surface area contributed by atoms with Gasteiger partial charge in [0.2, 0.25) is 0 Å². The first kappa shape index (κ1) is 78.1. The van der Waals surface area contributed by atoms with Gasteiger partial charge in [-0.2, -0.15) is 0 Å². The molecule has 0 aromatic carbocycles. The lowest BCUT2D eigenvalue weighted by atomic mass is 10.0. The number of carbonyl (C=O) groups excluding carboxylic acids is 4. The summed E-state index contributed by atoms with van der Waals surface area (Å²) >= 11 is 0. The van der Waals surface area contributed by atoms with Crippen LogP contribution in [-0.4, -0.2) is 96.7 Å². The van der Waals surface area contributed by atoms with Crippen LogP contribution in [0, 0.1) is 5.92 Å². The van der Waals surface area contributed by atoms with E-state index in [-0.39, 0.29) is 25.7 Å². The molecule has 5 atom stereocenters. The first-order valence-corrected chi connectivity index (χ1v) is 35.1. The number of esters is 4. The first-order valence-electron chi connectivity index (χ1n) is 32.1. The van der Waals surface area contributed by atoms with Crippen molar-refractivity contribution in [3.63, 3.8) is 0 Å². The predicted molar refractivity (Wildman–Crippen MR) is 317 cm³/mol. The highest BCUT2D eigenvalue weighted by molar-refractivity contribution is 7.47. The van der Waals surface area contributed by atoms with Gasteiger partial charge in [0.15, 0.2) is 12.2 Å². The maximum Gasteiger partial charge on any atom is 0.472 e. The summed E-state index contributed by atoms with van der Waals surface area (Å²) in [6.45, 7) is 7.09. The maximum atomic E-state index is 12.9. The largest absolute Gasteiger partial charge is 0.472 e. The second kappa shape index (κ2) is 55.0. The molecule has 80 heavy (non-hydrogen) atoms. The van der Waals surface area contributed by atoms with Crippen molar-refractivity contribution in [2.24, 2.45) is 5.92 Å². The molecule has 0 rings (SSSR count). The van der Waals surface area contributed by atoms with Crippen LogP contribution in [0.4, 0.5) is 0 Å². The van der Waals surface area contributed by atoms with Gasteiger partial charge in [-0.15, -0.1) is 0 Å². The van der Waals surface area contributed by atoms with E-state index in [4.69, 9.17) is 37.0 Å². The topological polar surface area (TPSA) is 237 Å². The highest BCUT2D eigenvalue weighted by atomic mass is 31.2. The van der Waals surface area contributed by atoms with Gasteiger partial charge in [0, 0.05) is 25.7 Å². The van der Waals surface area contributed by atoms with Crippen molar-refractivity contribution < 1.29 is 80.2 Å². The molecule has 0 aromatic heterocycles. The van der Waals surface area contributed by atoms with Gasteiger partial charge in [-0.05, 0) is 31.6 Å². The number of unbranched alkanes of at least 4 members (excludes halogenated alkanes) is 33. The Morgan fingerprint density at radius 2 is 0.575 bits per heavy atom. The van der Waals surface area contributed by atoms with Crippen LogP contribution in [0.5, 0.6) is 0 Å². The lowest BCUT2D eigenvalue weighted by molar-refractivity contribution is -0.161. The molecule has 19 heteroatoms. The number of phosphoric ester groups is 2. The molecule has 0 aliphatic heterocycles. The standard InChI is InChI=1S/C61H118O17P2/c1-6-9-12-15-18-20-21-22-26-30-35-40-45-59(64)72-51-57(78-61(66)47-42-37-32-27-23-25-29-33-38-43-54(4)5)53-76-80(69,70)74-49-55(62)48-73-79(67,68)75-52-56(50-71-58(63)44-39-34-28-17-14-11-8-3)77-60(65)46-41-36-31-24-19-16-13-10-7-2/h54-57,62H,6-53H2,1-5H3,(H,67,68)(H,69,70)/t55-,56+,57+/m0/s1. The normalized spacial score (nSPS) is 14.3. The lowest BCUT2D eigenvalue weighted by Crippen LogP contribution is -2.30. The Bertz CT molecular complexity index is 1570. The third kappa shape index (κ3) is 55.3. The number of carbonyl (C=O) groups is 4. The number of hydrogen-bond donors (Lipinski definition) is 3. The minimum Gasteiger partial charge on any atom is -0.462 e. The summed E-state index contributed by atoms with van der Waals surface area (Å²) in [6, 6.07) is 0. The zero-order valence-corrected chi connectivity index (χ0v) is 53.0. The summed E-state index contributed by atoms with van der Waals surface area (Å²) in [7, 11) is -9.87. The molecule has 3 N–H and O–H groups in total. The van der Waals surface area contributed by atoms with Crippen LogP contribution in [0.25, 0.3) is 0 Å². The number of ether oxygens (including phenoxy) is 4. The van der Waals surface area contributed by atoms with E-state index in [1.54, 1.807) is 0 Å². The molecule has 0 aromatic rings. The van der Waals surface area contributed by atoms with Crippen LogP contribution < -0.4 is 0 Å². The molecule has 0 saturated carbocycles. The van der Waals surface area contributed by atoms with Crippen LogP contribution in [0.1, 0.15) is 304 Å². The Labute approximate surface area is 486 Å². The summed E-state index contributed by atoms with van der Waals surface area (Å²) in [5.74, 6) is -1.41. The molecule has 0 radical (unpaired) electrons. The van der Waals surface area contributed by atoms with Crippen LogP contribution >= 0.6 is 15.6 Å². The first-order chi connectivity index (χ1) is 38.5. The van der Waals surface area contributed by atoms with Gasteiger partial charge in [-0.25, -0.2) is 9.13 Å². The summed E-state index contributed by atoms with van der Waals surface area (Å²) in [5, 5.41) is 10.5. The van der Waals surface area contributed by atoms with Gasteiger partial charge in [0.1, 0.15) is 19.3 Å². The second-order valence-corrected chi connectivity index (χ2v) is 25.5. The molecule has 0 fully saturated rings. The van der Waals surface area contributed by atoms with Crippen LogP contribution in [-0.2, 0) is 65.4 Å². The van der Waals surface area contributed by atoms with Gasteiger partial charge >= 0.3 is 39.5 Å². The van der Waals surface area contributed by atoms with Gasteiger partial charge in [-0.3, -0.25) is 37.3 Å². The van der Waals surface area contributed by atoms with Gasteiger partial charge in [0.25, 0.3) is 0 Å². The zero-order valence-electron chi connectivity index (χ0n) is 51.2. The fraction of sp³-hybridized carbons (Fsp3) is 0.934. The molecule has 2 unspecified atom stereocenters. The fourth-order valence-electron chi connectivity index (χ4n) is 9.05. The molecule has 474 valence electrons.